The van der Waals surface area contributed by atoms with E-state index in [1.54, 1.807) is 24.3 Å². The minimum absolute atomic E-state index is 0.182. The fraction of sp³-hybridized carbons (Fsp3) is 0.591. The number of imide groups is 1. The van der Waals surface area contributed by atoms with Crippen molar-refractivity contribution < 1.29 is 14.3 Å². The number of carbonyl (C=O) groups is 2. The first-order valence-electron chi connectivity index (χ1n) is 11.0. The van der Waals surface area contributed by atoms with Crippen molar-refractivity contribution in [3.05, 3.63) is 35.4 Å². The summed E-state index contributed by atoms with van der Waals surface area (Å²) < 4.78 is 5.37. The number of rotatable bonds is 10. The quantitative estimate of drug-likeness (QED) is 0.260. The third-order valence-corrected chi connectivity index (χ3v) is 5.33. The number of hydrogen-bond donors (Lipinski definition) is 2. The molecule has 2 N–H and O–H groups in total. The van der Waals surface area contributed by atoms with Crippen molar-refractivity contribution in [2.45, 2.75) is 26.2 Å². The van der Waals surface area contributed by atoms with Gasteiger partial charge in [-0.3, -0.25) is 24.4 Å². The number of nitrogens with zero attached hydrogens (tertiary/aromatic N) is 3. The Morgan fingerprint density at radius 1 is 1.00 bits per heavy atom. The number of guanidine groups is 1. The summed E-state index contributed by atoms with van der Waals surface area (Å²) in [6.45, 7) is 9.55. The van der Waals surface area contributed by atoms with Crippen molar-refractivity contribution in [2.75, 3.05) is 59.0 Å². The van der Waals surface area contributed by atoms with Crippen molar-refractivity contribution in [1.29, 1.82) is 0 Å². The fourth-order valence-electron chi connectivity index (χ4n) is 3.70. The van der Waals surface area contributed by atoms with Crippen LogP contribution in [0.2, 0.25) is 0 Å². The van der Waals surface area contributed by atoms with E-state index in [9.17, 15) is 9.59 Å². The van der Waals surface area contributed by atoms with Crippen molar-refractivity contribution in [3.63, 3.8) is 0 Å². The molecule has 164 valence electrons. The number of fused-ring (bicyclic) bond motifs is 1. The number of unbranched alkanes of at least 4 members (excludes halogenated alkanes) is 1. The number of aliphatic imine (C=N–C) groups is 1. The third-order valence-electron chi connectivity index (χ3n) is 5.33. The number of benzene rings is 1. The molecule has 0 aromatic heterocycles. The molecular formula is C22H33N5O3. The van der Waals surface area contributed by atoms with Crippen molar-refractivity contribution in [3.8, 4) is 0 Å². The third kappa shape index (κ3) is 6.03. The van der Waals surface area contributed by atoms with Gasteiger partial charge in [0.25, 0.3) is 11.8 Å². The molecule has 2 aliphatic rings. The Balaban J connectivity index is 1.33. The Kier molecular flexibility index (Phi) is 8.65. The SMILES string of the molecule is CCNC(=NCCCN1CCOCC1)NCCCCN1C(=O)c2ccccc2C1=O. The molecule has 8 nitrogen and oxygen atoms in total. The van der Waals surface area contributed by atoms with E-state index in [0.717, 1.165) is 77.7 Å². The van der Waals surface area contributed by atoms with Crippen LogP contribution in [-0.2, 0) is 4.74 Å². The van der Waals surface area contributed by atoms with E-state index in [0.29, 0.717) is 17.7 Å². The minimum Gasteiger partial charge on any atom is -0.379 e. The average molecular weight is 416 g/mol. The van der Waals surface area contributed by atoms with Crippen LogP contribution in [0, 0.1) is 0 Å². The molecule has 0 unspecified atom stereocenters. The molecule has 1 aromatic rings. The molecule has 0 radical (unpaired) electrons. The summed E-state index contributed by atoms with van der Waals surface area (Å²) in [6.07, 6.45) is 2.64. The molecule has 3 rings (SSSR count). The first-order chi connectivity index (χ1) is 14.7. The van der Waals surface area contributed by atoms with Crippen LogP contribution >= 0.6 is 0 Å². The Hall–Kier alpha value is -2.45. The lowest BCUT2D eigenvalue weighted by molar-refractivity contribution is 0.0377. The first-order valence-corrected chi connectivity index (χ1v) is 11.0. The van der Waals surface area contributed by atoms with Crippen LogP contribution < -0.4 is 10.6 Å². The van der Waals surface area contributed by atoms with Gasteiger partial charge in [0.05, 0.1) is 24.3 Å². The lowest BCUT2D eigenvalue weighted by Gasteiger charge is -2.26. The highest BCUT2D eigenvalue weighted by Gasteiger charge is 2.34. The van der Waals surface area contributed by atoms with Gasteiger partial charge in [0.1, 0.15) is 0 Å². The van der Waals surface area contributed by atoms with Crippen LogP contribution in [0.25, 0.3) is 0 Å². The Morgan fingerprint density at radius 2 is 1.70 bits per heavy atom. The molecule has 0 aliphatic carbocycles. The van der Waals surface area contributed by atoms with Gasteiger partial charge in [-0.25, -0.2) is 0 Å². The lowest BCUT2D eigenvalue weighted by Crippen LogP contribution is -2.39. The highest BCUT2D eigenvalue weighted by Crippen LogP contribution is 2.22. The molecule has 0 bridgehead atoms. The zero-order valence-electron chi connectivity index (χ0n) is 17.9. The molecule has 1 aromatic carbocycles. The summed E-state index contributed by atoms with van der Waals surface area (Å²) >= 11 is 0. The number of amides is 2. The molecule has 8 heteroatoms. The maximum atomic E-state index is 12.4. The normalized spacial score (nSPS) is 17.4. The summed E-state index contributed by atoms with van der Waals surface area (Å²) in [6, 6.07) is 7.02. The smallest absolute Gasteiger partial charge is 0.261 e. The zero-order chi connectivity index (χ0) is 21.2. The van der Waals surface area contributed by atoms with Gasteiger partial charge in [0.2, 0.25) is 0 Å². The standard InChI is InChI=1S/C22H33N5O3/c1-2-23-22(25-11-7-12-26-14-16-30-17-15-26)24-10-5-6-13-27-20(28)18-8-3-4-9-19(18)21(27)29/h3-4,8-9H,2,5-7,10-17H2,1H3,(H2,23,24,25). The second-order valence-corrected chi connectivity index (χ2v) is 7.51. The summed E-state index contributed by atoms with van der Waals surface area (Å²) in [5.41, 5.74) is 1.03. The summed E-state index contributed by atoms with van der Waals surface area (Å²) in [5, 5.41) is 6.61. The molecule has 1 fully saturated rings. The van der Waals surface area contributed by atoms with Gasteiger partial charge in [0, 0.05) is 45.8 Å². The molecule has 2 amide bonds. The van der Waals surface area contributed by atoms with E-state index < -0.39 is 0 Å². The Morgan fingerprint density at radius 3 is 2.37 bits per heavy atom. The molecule has 0 saturated carbocycles. The number of hydrogen-bond acceptors (Lipinski definition) is 5. The predicted molar refractivity (Wildman–Crippen MR) is 117 cm³/mol. The number of nitrogens with one attached hydrogen (secondary N) is 2. The van der Waals surface area contributed by atoms with E-state index in [1.165, 1.54) is 4.90 Å². The van der Waals surface area contributed by atoms with Crippen molar-refractivity contribution in [2.24, 2.45) is 4.99 Å². The number of ether oxygens (including phenoxy) is 1. The van der Waals surface area contributed by atoms with Crippen LogP contribution in [0.1, 0.15) is 46.9 Å². The monoisotopic (exact) mass is 415 g/mol. The van der Waals surface area contributed by atoms with E-state index >= 15 is 0 Å². The van der Waals surface area contributed by atoms with Crippen LogP contribution in [0.3, 0.4) is 0 Å². The van der Waals surface area contributed by atoms with Gasteiger partial charge in [0.15, 0.2) is 5.96 Å². The highest BCUT2D eigenvalue weighted by molar-refractivity contribution is 6.21. The van der Waals surface area contributed by atoms with E-state index in [1.807, 2.05) is 6.92 Å². The molecule has 1 saturated heterocycles. The Bertz CT molecular complexity index is 711. The van der Waals surface area contributed by atoms with E-state index in [2.05, 4.69) is 20.5 Å². The second-order valence-electron chi connectivity index (χ2n) is 7.51. The number of morpholine rings is 1. The predicted octanol–water partition coefficient (Wildman–Crippen LogP) is 1.34. The van der Waals surface area contributed by atoms with Gasteiger partial charge in [-0.15, -0.1) is 0 Å². The molecular weight excluding hydrogens is 382 g/mol. The molecule has 0 atom stereocenters. The van der Waals surface area contributed by atoms with Gasteiger partial charge >= 0.3 is 0 Å². The topological polar surface area (TPSA) is 86.3 Å². The largest absolute Gasteiger partial charge is 0.379 e. The van der Waals surface area contributed by atoms with Crippen molar-refractivity contribution in [1.82, 2.24) is 20.4 Å². The minimum atomic E-state index is -0.182. The summed E-state index contributed by atoms with van der Waals surface area (Å²) in [4.78, 5) is 33.2. The highest BCUT2D eigenvalue weighted by atomic mass is 16.5. The van der Waals surface area contributed by atoms with Crippen molar-refractivity contribution >= 4 is 17.8 Å². The summed E-state index contributed by atoms with van der Waals surface area (Å²) in [7, 11) is 0. The van der Waals surface area contributed by atoms with Gasteiger partial charge in [-0.1, -0.05) is 12.1 Å². The van der Waals surface area contributed by atoms with Gasteiger partial charge in [-0.05, 0) is 38.3 Å². The maximum Gasteiger partial charge on any atom is 0.261 e. The molecule has 2 heterocycles. The fourth-order valence-corrected chi connectivity index (χ4v) is 3.70. The lowest BCUT2D eigenvalue weighted by atomic mass is 10.1. The Labute approximate surface area is 178 Å². The van der Waals surface area contributed by atoms with Gasteiger partial charge in [-0.2, -0.15) is 0 Å². The first kappa shape index (κ1) is 22.2. The number of carbonyl (C=O) groups excluding carboxylic acids is 2. The van der Waals surface area contributed by atoms with E-state index in [4.69, 9.17) is 4.74 Å². The van der Waals surface area contributed by atoms with Gasteiger partial charge < -0.3 is 15.4 Å². The molecule has 30 heavy (non-hydrogen) atoms. The zero-order valence-corrected chi connectivity index (χ0v) is 17.9. The maximum absolute atomic E-state index is 12.4. The van der Waals surface area contributed by atoms with Crippen LogP contribution in [0.15, 0.2) is 29.3 Å². The average Bonchev–Trinajstić information content (AvgIpc) is 3.02. The van der Waals surface area contributed by atoms with Crippen LogP contribution in [0.5, 0.6) is 0 Å². The summed E-state index contributed by atoms with van der Waals surface area (Å²) in [5.74, 6) is 0.456. The van der Waals surface area contributed by atoms with Crippen LogP contribution in [-0.4, -0.2) is 86.6 Å². The van der Waals surface area contributed by atoms with Crippen LogP contribution in [0.4, 0.5) is 0 Å². The molecule has 0 spiro atoms. The van der Waals surface area contributed by atoms with E-state index in [-0.39, 0.29) is 11.8 Å². The second kappa shape index (κ2) is 11.7. The molecule has 2 aliphatic heterocycles.